The third kappa shape index (κ3) is 5.03. The van der Waals surface area contributed by atoms with Crippen LogP contribution < -0.4 is 5.73 Å². The van der Waals surface area contributed by atoms with Crippen LogP contribution in [0.2, 0.25) is 0 Å². The molecule has 0 radical (unpaired) electrons. The van der Waals surface area contributed by atoms with Crippen molar-refractivity contribution < 1.29 is 0 Å². The van der Waals surface area contributed by atoms with Crippen LogP contribution in [0.15, 0.2) is 60.7 Å². The lowest BCUT2D eigenvalue weighted by Gasteiger charge is -2.25. The van der Waals surface area contributed by atoms with Crippen molar-refractivity contribution in [1.29, 1.82) is 0 Å². The van der Waals surface area contributed by atoms with Crippen molar-refractivity contribution in [3.63, 3.8) is 0 Å². The van der Waals surface area contributed by atoms with Crippen molar-refractivity contribution in [1.82, 2.24) is 0 Å². The highest BCUT2D eigenvalue weighted by Gasteiger charge is 2.22. The van der Waals surface area contributed by atoms with Gasteiger partial charge in [-0.1, -0.05) is 111 Å². The predicted octanol–water partition coefficient (Wildman–Crippen LogP) is 8.50. The first-order valence-corrected chi connectivity index (χ1v) is 11.3. The molecule has 31 heavy (non-hydrogen) atoms. The SMILES string of the molecule is CC(C)(C)c1cccc(-c2cc(C(C)(C)C)cc(-c3cccc(C(C)(C)C)c3)c2N)c1. The molecule has 0 atom stereocenters. The molecule has 0 heterocycles. The Morgan fingerprint density at radius 3 is 1.16 bits per heavy atom. The molecule has 1 nitrogen and oxygen atoms in total. The van der Waals surface area contributed by atoms with Crippen molar-refractivity contribution in [2.45, 2.75) is 78.6 Å². The normalized spacial score (nSPS) is 12.8. The summed E-state index contributed by atoms with van der Waals surface area (Å²) >= 11 is 0. The van der Waals surface area contributed by atoms with E-state index in [1.807, 2.05) is 0 Å². The van der Waals surface area contributed by atoms with Crippen molar-refractivity contribution in [3.8, 4) is 22.3 Å². The van der Waals surface area contributed by atoms with Gasteiger partial charge < -0.3 is 5.73 Å². The Morgan fingerprint density at radius 2 is 0.839 bits per heavy atom. The molecule has 0 spiro atoms. The van der Waals surface area contributed by atoms with E-state index in [9.17, 15) is 0 Å². The van der Waals surface area contributed by atoms with E-state index in [1.54, 1.807) is 0 Å². The Kier molecular flexibility index (Phi) is 5.86. The molecule has 0 aliphatic rings. The molecule has 0 aromatic heterocycles. The molecule has 0 aliphatic carbocycles. The number of rotatable bonds is 2. The second kappa shape index (κ2) is 7.86. The maximum absolute atomic E-state index is 6.88. The van der Waals surface area contributed by atoms with E-state index >= 15 is 0 Å². The molecule has 3 rings (SSSR count). The van der Waals surface area contributed by atoms with Gasteiger partial charge >= 0.3 is 0 Å². The summed E-state index contributed by atoms with van der Waals surface area (Å²) in [6.07, 6.45) is 0. The molecule has 2 N–H and O–H groups in total. The molecule has 0 saturated heterocycles. The minimum Gasteiger partial charge on any atom is -0.398 e. The van der Waals surface area contributed by atoms with E-state index in [1.165, 1.54) is 27.8 Å². The average Bonchev–Trinajstić information content (AvgIpc) is 2.66. The highest BCUT2D eigenvalue weighted by atomic mass is 14.6. The molecule has 0 fully saturated rings. The van der Waals surface area contributed by atoms with Gasteiger partial charge in [-0.25, -0.2) is 0 Å². The fraction of sp³-hybridized carbons (Fsp3) is 0.400. The van der Waals surface area contributed by atoms with Gasteiger partial charge in [0, 0.05) is 16.8 Å². The Bertz CT molecular complexity index is 1000. The third-order valence-electron chi connectivity index (χ3n) is 6.13. The maximum atomic E-state index is 6.88. The van der Waals surface area contributed by atoms with Crippen LogP contribution >= 0.6 is 0 Å². The van der Waals surface area contributed by atoms with Gasteiger partial charge in [0.2, 0.25) is 0 Å². The standard InChI is InChI=1S/C30H39N/c1-28(2,3)22-14-10-12-20(16-22)25-18-24(30(7,8)9)19-26(27(25)31)21-13-11-15-23(17-21)29(4,5)6/h10-19H,31H2,1-9H3. The average molecular weight is 414 g/mol. The quantitative estimate of drug-likeness (QED) is 0.419. The molecule has 0 saturated carbocycles. The van der Waals surface area contributed by atoms with E-state index in [2.05, 4.69) is 123 Å². The first kappa shape index (κ1) is 23.1. The highest BCUT2D eigenvalue weighted by Crippen LogP contribution is 2.41. The van der Waals surface area contributed by atoms with Crippen molar-refractivity contribution in [2.24, 2.45) is 0 Å². The summed E-state index contributed by atoms with van der Waals surface area (Å²) in [4.78, 5) is 0. The van der Waals surface area contributed by atoms with Crippen molar-refractivity contribution in [3.05, 3.63) is 77.4 Å². The number of nitrogen functional groups attached to an aromatic ring is 1. The summed E-state index contributed by atoms with van der Waals surface area (Å²) in [7, 11) is 0. The van der Waals surface area contributed by atoms with Crippen LogP contribution in [0.4, 0.5) is 5.69 Å². The van der Waals surface area contributed by atoms with E-state index in [-0.39, 0.29) is 16.2 Å². The Hall–Kier alpha value is -2.54. The van der Waals surface area contributed by atoms with E-state index in [4.69, 9.17) is 5.73 Å². The van der Waals surface area contributed by atoms with Crippen molar-refractivity contribution in [2.75, 3.05) is 5.73 Å². The summed E-state index contributed by atoms with van der Waals surface area (Å²) in [5, 5.41) is 0. The molecule has 164 valence electrons. The Morgan fingerprint density at radius 1 is 0.484 bits per heavy atom. The summed E-state index contributed by atoms with van der Waals surface area (Å²) < 4.78 is 0. The number of anilines is 1. The van der Waals surface area contributed by atoms with Gasteiger partial charge in [-0.15, -0.1) is 0 Å². The van der Waals surface area contributed by atoms with Crippen LogP contribution in [-0.4, -0.2) is 0 Å². The van der Waals surface area contributed by atoms with Crippen LogP contribution in [0.1, 0.15) is 79.0 Å². The molecule has 0 amide bonds. The molecule has 0 unspecified atom stereocenters. The van der Waals surface area contributed by atoms with E-state index in [0.29, 0.717) is 0 Å². The number of benzene rings is 3. The zero-order chi connectivity index (χ0) is 23.2. The van der Waals surface area contributed by atoms with Gasteiger partial charge in [0.1, 0.15) is 0 Å². The minimum absolute atomic E-state index is 0.0282. The first-order chi connectivity index (χ1) is 14.2. The zero-order valence-corrected chi connectivity index (χ0v) is 20.9. The molecule has 3 aromatic rings. The lowest BCUT2D eigenvalue weighted by molar-refractivity contribution is 0.589. The van der Waals surface area contributed by atoms with Crippen LogP contribution in [0.5, 0.6) is 0 Å². The Labute approximate surface area is 189 Å². The largest absolute Gasteiger partial charge is 0.398 e. The minimum atomic E-state index is 0.0282. The second-order valence-electron chi connectivity index (χ2n) is 11.9. The number of hydrogen-bond donors (Lipinski definition) is 1. The smallest absolute Gasteiger partial charge is 0.0473 e. The van der Waals surface area contributed by atoms with Crippen LogP contribution in [-0.2, 0) is 16.2 Å². The topological polar surface area (TPSA) is 26.0 Å². The molecular formula is C30H39N. The lowest BCUT2D eigenvalue weighted by Crippen LogP contribution is -2.13. The van der Waals surface area contributed by atoms with Crippen LogP contribution in [0.3, 0.4) is 0 Å². The lowest BCUT2D eigenvalue weighted by atomic mass is 9.80. The predicted molar refractivity (Wildman–Crippen MR) is 138 cm³/mol. The van der Waals surface area contributed by atoms with Crippen LogP contribution in [0.25, 0.3) is 22.3 Å². The van der Waals surface area contributed by atoms with E-state index < -0.39 is 0 Å². The van der Waals surface area contributed by atoms with Gasteiger partial charge in [-0.2, -0.15) is 0 Å². The van der Waals surface area contributed by atoms with Crippen LogP contribution in [0, 0.1) is 0 Å². The summed E-state index contributed by atoms with van der Waals surface area (Å²) in [5.41, 5.74) is 16.5. The van der Waals surface area contributed by atoms with E-state index in [0.717, 1.165) is 16.8 Å². The molecule has 0 aliphatic heterocycles. The summed E-state index contributed by atoms with van der Waals surface area (Å²) in [6, 6.07) is 22.3. The fourth-order valence-corrected chi connectivity index (χ4v) is 3.87. The molecule has 1 heteroatoms. The first-order valence-electron chi connectivity index (χ1n) is 11.3. The number of nitrogens with two attached hydrogens (primary N) is 1. The molecule has 3 aromatic carbocycles. The van der Waals surface area contributed by atoms with Crippen molar-refractivity contribution >= 4 is 5.69 Å². The monoisotopic (exact) mass is 413 g/mol. The maximum Gasteiger partial charge on any atom is 0.0473 e. The third-order valence-corrected chi connectivity index (χ3v) is 6.13. The second-order valence-corrected chi connectivity index (χ2v) is 11.9. The van der Waals surface area contributed by atoms with Gasteiger partial charge in [-0.05, 0) is 56.2 Å². The molecule has 0 bridgehead atoms. The fourth-order valence-electron chi connectivity index (χ4n) is 3.87. The summed E-state index contributed by atoms with van der Waals surface area (Å²) in [5.74, 6) is 0. The summed E-state index contributed by atoms with van der Waals surface area (Å²) in [6.45, 7) is 20.3. The molecular weight excluding hydrogens is 374 g/mol. The highest BCUT2D eigenvalue weighted by molar-refractivity contribution is 5.90. The zero-order valence-electron chi connectivity index (χ0n) is 20.9. The Balaban J connectivity index is 2.29. The van der Waals surface area contributed by atoms with Gasteiger partial charge in [-0.3, -0.25) is 0 Å². The van der Waals surface area contributed by atoms with Gasteiger partial charge in [0.25, 0.3) is 0 Å². The van der Waals surface area contributed by atoms with Gasteiger partial charge in [0.15, 0.2) is 0 Å². The number of hydrogen-bond acceptors (Lipinski definition) is 1. The van der Waals surface area contributed by atoms with Gasteiger partial charge in [0.05, 0.1) is 0 Å².